The lowest BCUT2D eigenvalue weighted by molar-refractivity contribution is -0.131. The van der Waals surface area contributed by atoms with Gasteiger partial charge in [0.2, 0.25) is 0 Å². The van der Waals surface area contributed by atoms with Crippen molar-refractivity contribution in [2.45, 2.75) is 0 Å². The average molecular weight is 239 g/mol. The summed E-state index contributed by atoms with van der Waals surface area (Å²) in [5.74, 6) is -0.432. The molecule has 84 valence electrons. The van der Waals surface area contributed by atoms with Crippen molar-refractivity contribution in [3.8, 4) is 5.75 Å². The first-order valence-corrected chi connectivity index (χ1v) is 4.93. The van der Waals surface area contributed by atoms with Crippen molar-refractivity contribution in [1.29, 1.82) is 0 Å². The third-order valence-corrected chi connectivity index (χ3v) is 1.82. The van der Waals surface area contributed by atoms with E-state index in [1.165, 1.54) is 6.08 Å². The van der Waals surface area contributed by atoms with Gasteiger partial charge < -0.3 is 9.84 Å². The standard InChI is InChI=1S/C12H11ClO3/c1-9(13)8-16-11-5-3-2-4-10(11)6-7-12(14)15/h2-7H,1,8H2,(H,14,15)/b7-6+. The van der Waals surface area contributed by atoms with Crippen molar-refractivity contribution >= 4 is 23.6 Å². The molecule has 0 atom stereocenters. The largest absolute Gasteiger partial charge is 0.487 e. The molecule has 0 saturated heterocycles. The number of halogens is 1. The van der Waals surface area contributed by atoms with Gasteiger partial charge >= 0.3 is 5.97 Å². The predicted octanol–water partition coefficient (Wildman–Crippen LogP) is 2.92. The fourth-order valence-electron chi connectivity index (χ4n) is 1.07. The zero-order chi connectivity index (χ0) is 12.0. The molecule has 0 aliphatic rings. The van der Waals surface area contributed by atoms with Crippen LogP contribution >= 0.6 is 11.6 Å². The minimum atomic E-state index is -1.00. The maximum absolute atomic E-state index is 10.4. The average Bonchev–Trinajstić information content (AvgIpc) is 2.24. The van der Waals surface area contributed by atoms with Crippen molar-refractivity contribution < 1.29 is 14.6 Å². The van der Waals surface area contributed by atoms with Crippen LogP contribution < -0.4 is 4.74 Å². The number of ether oxygens (including phenoxy) is 1. The van der Waals surface area contributed by atoms with Crippen molar-refractivity contribution in [3.05, 3.63) is 47.5 Å². The van der Waals surface area contributed by atoms with Gasteiger partial charge in [-0.15, -0.1) is 0 Å². The molecule has 0 fully saturated rings. The summed E-state index contributed by atoms with van der Waals surface area (Å²) in [6.45, 7) is 3.70. The molecule has 0 radical (unpaired) electrons. The molecule has 0 unspecified atom stereocenters. The monoisotopic (exact) mass is 238 g/mol. The number of carbonyl (C=O) groups is 1. The molecule has 1 aromatic rings. The molecular formula is C12H11ClO3. The molecule has 3 nitrogen and oxygen atoms in total. The van der Waals surface area contributed by atoms with Gasteiger partial charge in [-0.05, 0) is 12.1 Å². The van der Waals surface area contributed by atoms with Crippen molar-refractivity contribution in [2.24, 2.45) is 0 Å². The van der Waals surface area contributed by atoms with Crippen LogP contribution in [-0.4, -0.2) is 17.7 Å². The van der Waals surface area contributed by atoms with Gasteiger partial charge in [0.25, 0.3) is 0 Å². The Kier molecular flexibility index (Phi) is 4.61. The Balaban J connectivity index is 2.83. The highest BCUT2D eigenvalue weighted by Crippen LogP contribution is 2.20. The number of rotatable bonds is 5. The lowest BCUT2D eigenvalue weighted by Crippen LogP contribution is -1.98. The molecule has 16 heavy (non-hydrogen) atoms. The van der Waals surface area contributed by atoms with Crippen LogP contribution in [0.15, 0.2) is 42.0 Å². The van der Waals surface area contributed by atoms with Gasteiger partial charge in [-0.3, -0.25) is 0 Å². The molecule has 1 aromatic carbocycles. The number of aliphatic carboxylic acids is 1. The maximum Gasteiger partial charge on any atom is 0.328 e. The highest BCUT2D eigenvalue weighted by molar-refractivity contribution is 6.29. The zero-order valence-corrected chi connectivity index (χ0v) is 9.28. The third-order valence-electron chi connectivity index (χ3n) is 1.71. The fraction of sp³-hybridized carbons (Fsp3) is 0.0833. The van der Waals surface area contributed by atoms with Crippen LogP contribution in [0.1, 0.15) is 5.56 Å². The fourth-order valence-corrected chi connectivity index (χ4v) is 1.12. The van der Waals surface area contributed by atoms with E-state index in [4.69, 9.17) is 21.4 Å². The minimum Gasteiger partial charge on any atom is -0.487 e. The smallest absolute Gasteiger partial charge is 0.328 e. The summed E-state index contributed by atoms with van der Waals surface area (Å²) in [6, 6.07) is 7.08. The summed E-state index contributed by atoms with van der Waals surface area (Å²) in [7, 11) is 0. The Hall–Kier alpha value is -1.74. The van der Waals surface area contributed by atoms with Crippen LogP contribution in [0, 0.1) is 0 Å². The Labute approximate surface area is 98.6 Å². The number of para-hydroxylation sites is 1. The van der Waals surface area contributed by atoms with Crippen molar-refractivity contribution in [3.63, 3.8) is 0 Å². The van der Waals surface area contributed by atoms with Gasteiger partial charge in [0, 0.05) is 16.7 Å². The topological polar surface area (TPSA) is 46.5 Å². The number of benzene rings is 1. The molecule has 0 aliphatic carbocycles. The van der Waals surface area contributed by atoms with Crippen LogP contribution in [0.2, 0.25) is 0 Å². The molecule has 0 amide bonds. The van der Waals surface area contributed by atoms with Gasteiger partial charge in [-0.2, -0.15) is 0 Å². The molecule has 1 rings (SSSR count). The summed E-state index contributed by atoms with van der Waals surface area (Å²) >= 11 is 5.58. The van der Waals surface area contributed by atoms with E-state index in [0.29, 0.717) is 16.3 Å². The van der Waals surface area contributed by atoms with Crippen LogP contribution in [0.5, 0.6) is 5.75 Å². The molecule has 1 N–H and O–H groups in total. The van der Waals surface area contributed by atoms with Crippen LogP contribution in [0.3, 0.4) is 0 Å². The van der Waals surface area contributed by atoms with Gasteiger partial charge in [-0.25, -0.2) is 4.79 Å². The van der Waals surface area contributed by atoms with Gasteiger partial charge in [0.05, 0.1) is 0 Å². The van der Waals surface area contributed by atoms with E-state index in [2.05, 4.69) is 6.58 Å². The third kappa shape index (κ3) is 4.19. The van der Waals surface area contributed by atoms with Gasteiger partial charge in [-0.1, -0.05) is 36.4 Å². The first-order valence-electron chi connectivity index (χ1n) is 4.55. The van der Waals surface area contributed by atoms with Crippen LogP contribution in [0.25, 0.3) is 6.08 Å². The second-order valence-electron chi connectivity index (χ2n) is 3.02. The van der Waals surface area contributed by atoms with E-state index in [1.54, 1.807) is 24.3 Å². The summed E-state index contributed by atoms with van der Waals surface area (Å²) in [4.78, 5) is 10.4. The Morgan fingerprint density at radius 3 is 2.81 bits per heavy atom. The Morgan fingerprint density at radius 2 is 2.19 bits per heavy atom. The Morgan fingerprint density at radius 1 is 1.50 bits per heavy atom. The molecule has 0 aromatic heterocycles. The lowest BCUT2D eigenvalue weighted by Gasteiger charge is -2.07. The summed E-state index contributed by atoms with van der Waals surface area (Å²) in [5.41, 5.74) is 0.683. The molecule has 0 heterocycles. The van der Waals surface area contributed by atoms with Gasteiger partial charge in [0.15, 0.2) is 0 Å². The molecule has 0 saturated carbocycles. The first-order chi connectivity index (χ1) is 7.59. The second kappa shape index (κ2) is 5.98. The van der Waals surface area contributed by atoms with Crippen molar-refractivity contribution in [2.75, 3.05) is 6.61 Å². The quantitative estimate of drug-likeness (QED) is 0.803. The second-order valence-corrected chi connectivity index (χ2v) is 3.55. The maximum atomic E-state index is 10.4. The number of carboxylic acids is 1. The summed E-state index contributed by atoms with van der Waals surface area (Å²) < 4.78 is 5.36. The van der Waals surface area contributed by atoms with E-state index in [0.717, 1.165) is 6.08 Å². The molecule has 4 heteroatoms. The number of hydrogen-bond donors (Lipinski definition) is 1. The summed E-state index contributed by atoms with van der Waals surface area (Å²) in [5, 5.41) is 8.91. The minimum absolute atomic E-state index is 0.194. The highest BCUT2D eigenvalue weighted by Gasteiger charge is 2.00. The predicted molar refractivity (Wildman–Crippen MR) is 63.6 cm³/mol. The van der Waals surface area contributed by atoms with Crippen LogP contribution in [0.4, 0.5) is 0 Å². The molecule has 0 aliphatic heterocycles. The summed E-state index contributed by atoms with van der Waals surface area (Å²) in [6.07, 6.45) is 2.52. The number of hydrogen-bond acceptors (Lipinski definition) is 2. The van der Waals surface area contributed by atoms with Crippen LogP contribution in [-0.2, 0) is 4.79 Å². The van der Waals surface area contributed by atoms with E-state index < -0.39 is 5.97 Å². The van der Waals surface area contributed by atoms with Crippen molar-refractivity contribution in [1.82, 2.24) is 0 Å². The lowest BCUT2D eigenvalue weighted by atomic mass is 10.2. The number of carboxylic acid groups (broad SMARTS) is 1. The van der Waals surface area contributed by atoms with E-state index >= 15 is 0 Å². The zero-order valence-electron chi connectivity index (χ0n) is 8.52. The van der Waals surface area contributed by atoms with Gasteiger partial charge in [0.1, 0.15) is 12.4 Å². The molecule has 0 spiro atoms. The molecule has 0 bridgehead atoms. The van der Waals surface area contributed by atoms with E-state index in [9.17, 15) is 4.79 Å². The molecular weight excluding hydrogens is 228 g/mol. The SMILES string of the molecule is C=C(Cl)COc1ccccc1/C=C/C(=O)O. The normalized spacial score (nSPS) is 10.3. The first kappa shape index (κ1) is 12.3. The van der Waals surface area contributed by atoms with E-state index in [-0.39, 0.29) is 6.61 Å². The van der Waals surface area contributed by atoms with E-state index in [1.807, 2.05) is 0 Å². The highest BCUT2D eigenvalue weighted by atomic mass is 35.5. The Bertz CT molecular complexity index is 424.